The van der Waals surface area contributed by atoms with Crippen LogP contribution >= 0.6 is 11.3 Å². The zero-order chi connectivity index (χ0) is 26.0. The number of nitrogens with zero attached hydrogens (tertiary/aromatic N) is 2. The summed E-state index contributed by atoms with van der Waals surface area (Å²) in [5.41, 5.74) is 2.25. The average molecular weight is 534 g/mol. The summed E-state index contributed by atoms with van der Waals surface area (Å²) in [5.74, 6) is 0.688. The summed E-state index contributed by atoms with van der Waals surface area (Å²) >= 11 is 1.64. The lowest BCUT2D eigenvalue weighted by Crippen LogP contribution is -2.58. The number of hydrogen-bond donors (Lipinski definition) is 3. The van der Waals surface area contributed by atoms with E-state index in [1.165, 1.54) is 38.5 Å². The maximum Gasteiger partial charge on any atom is 0.264 e. The molecule has 5 fully saturated rings. The Morgan fingerprint density at radius 1 is 1.00 bits per heavy atom. The molecule has 4 amide bonds. The van der Waals surface area contributed by atoms with E-state index in [2.05, 4.69) is 16.0 Å². The number of piperidine rings is 1. The highest BCUT2D eigenvalue weighted by Crippen LogP contribution is 2.55. The van der Waals surface area contributed by atoms with Gasteiger partial charge in [0.25, 0.3) is 11.8 Å². The Morgan fingerprint density at radius 3 is 2.45 bits per heavy atom. The lowest BCUT2D eigenvalue weighted by atomic mass is 9.53. The second-order valence-electron chi connectivity index (χ2n) is 11.8. The molecule has 2 aromatic rings. The van der Waals surface area contributed by atoms with Gasteiger partial charge in [0.1, 0.15) is 11.0 Å². The Kier molecular flexibility index (Phi) is 5.66. The molecule has 4 bridgehead atoms. The summed E-state index contributed by atoms with van der Waals surface area (Å²) in [5, 5.41) is 12.5. The Hall–Kier alpha value is -3.11. The van der Waals surface area contributed by atoms with Gasteiger partial charge in [-0.25, -0.2) is 4.98 Å². The third kappa shape index (κ3) is 4.05. The maximum absolute atomic E-state index is 13.3. The van der Waals surface area contributed by atoms with Crippen molar-refractivity contribution in [3.63, 3.8) is 0 Å². The number of imide groups is 2. The molecule has 6 aliphatic rings. The Labute approximate surface area is 224 Å². The van der Waals surface area contributed by atoms with E-state index in [0.29, 0.717) is 17.8 Å². The standard InChI is InChI=1S/C28H31N5O4S/c34-22-5-4-21(25(35)32-22)33-26(36)19-2-1-3-20(24(19)27(33)37)29-12-18-14-38-23(31-18)13-30-28-9-15-6-16(10-28)8-17(7-15)11-28/h1-3,14-17,21,29-30H,4-13H2,(H,32,34,35). The van der Waals surface area contributed by atoms with Crippen LogP contribution in [0.4, 0.5) is 5.69 Å². The number of benzene rings is 1. The number of hydrogen-bond acceptors (Lipinski definition) is 8. The van der Waals surface area contributed by atoms with E-state index in [1.54, 1.807) is 29.5 Å². The maximum atomic E-state index is 13.3. The minimum absolute atomic E-state index is 0.0960. The molecule has 1 saturated heterocycles. The molecule has 1 unspecified atom stereocenters. The Morgan fingerprint density at radius 2 is 1.74 bits per heavy atom. The van der Waals surface area contributed by atoms with Gasteiger partial charge in [-0.1, -0.05) is 6.07 Å². The quantitative estimate of drug-likeness (QED) is 0.468. The number of carbonyl (C=O) groups is 4. The van der Waals surface area contributed by atoms with Crippen LogP contribution in [0, 0.1) is 17.8 Å². The van der Waals surface area contributed by atoms with Crippen LogP contribution in [-0.2, 0) is 22.7 Å². The van der Waals surface area contributed by atoms with Crippen molar-refractivity contribution in [2.45, 2.75) is 76.0 Å². The van der Waals surface area contributed by atoms with Gasteiger partial charge in [-0.15, -0.1) is 11.3 Å². The van der Waals surface area contributed by atoms with E-state index in [4.69, 9.17) is 4.98 Å². The van der Waals surface area contributed by atoms with Crippen molar-refractivity contribution < 1.29 is 19.2 Å². The molecule has 9 nitrogen and oxygen atoms in total. The number of fused-ring (bicyclic) bond motifs is 1. The lowest BCUT2D eigenvalue weighted by Gasteiger charge is -2.57. The first-order valence-corrected chi connectivity index (χ1v) is 14.5. The summed E-state index contributed by atoms with van der Waals surface area (Å²) < 4.78 is 0. The van der Waals surface area contributed by atoms with Gasteiger partial charge < -0.3 is 10.6 Å². The fraction of sp³-hybridized carbons (Fsp3) is 0.536. The monoisotopic (exact) mass is 533 g/mol. The first-order chi connectivity index (χ1) is 18.4. The third-order valence-corrected chi connectivity index (χ3v) is 10.1. The van der Waals surface area contributed by atoms with Gasteiger partial charge in [-0.05, 0) is 74.8 Å². The van der Waals surface area contributed by atoms with Crippen LogP contribution in [0.1, 0.15) is 82.8 Å². The topological polar surface area (TPSA) is 120 Å². The molecule has 10 heteroatoms. The predicted molar refractivity (Wildman–Crippen MR) is 140 cm³/mol. The van der Waals surface area contributed by atoms with Gasteiger partial charge in [0.15, 0.2) is 0 Å². The van der Waals surface area contributed by atoms with Crippen molar-refractivity contribution in [3.8, 4) is 0 Å². The molecule has 4 saturated carbocycles. The third-order valence-electron chi connectivity index (χ3n) is 9.18. The molecule has 38 heavy (non-hydrogen) atoms. The van der Waals surface area contributed by atoms with Crippen molar-refractivity contribution >= 4 is 40.7 Å². The highest BCUT2D eigenvalue weighted by atomic mass is 32.1. The van der Waals surface area contributed by atoms with Gasteiger partial charge >= 0.3 is 0 Å². The van der Waals surface area contributed by atoms with Crippen LogP contribution < -0.4 is 16.0 Å². The number of carbonyl (C=O) groups excluding carboxylic acids is 4. The summed E-state index contributed by atoms with van der Waals surface area (Å²) in [6.07, 6.45) is 8.43. The summed E-state index contributed by atoms with van der Waals surface area (Å²) in [6, 6.07) is 4.11. The minimum atomic E-state index is -0.976. The molecule has 3 heterocycles. The molecule has 1 atom stereocenters. The summed E-state index contributed by atoms with van der Waals surface area (Å²) in [6.45, 7) is 1.20. The van der Waals surface area contributed by atoms with Crippen molar-refractivity contribution in [1.82, 2.24) is 20.5 Å². The molecule has 0 spiro atoms. The molecule has 198 valence electrons. The van der Waals surface area contributed by atoms with Gasteiger partial charge in [-0.2, -0.15) is 0 Å². The van der Waals surface area contributed by atoms with Gasteiger partial charge in [0.2, 0.25) is 11.8 Å². The van der Waals surface area contributed by atoms with E-state index in [1.807, 2.05) is 5.38 Å². The number of aromatic nitrogens is 1. The predicted octanol–water partition coefficient (Wildman–Crippen LogP) is 3.21. The van der Waals surface area contributed by atoms with Crippen LogP contribution in [0.25, 0.3) is 0 Å². The minimum Gasteiger partial charge on any atom is -0.379 e. The van der Waals surface area contributed by atoms with Crippen molar-refractivity contribution in [2.24, 2.45) is 17.8 Å². The number of nitrogens with one attached hydrogen (secondary N) is 3. The molecular formula is C28H31N5O4S. The molecule has 2 aliphatic heterocycles. The van der Waals surface area contributed by atoms with Crippen LogP contribution in [0.5, 0.6) is 0 Å². The molecular weight excluding hydrogens is 502 g/mol. The van der Waals surface area contributed by atoms with Gasteiger partial charge in [-0.3, -0.25) is 29.4 Å². The highest BCUT2D eigenvalue weighted by Gasteiger charge is 2.50. The first kappa shape index (κ1) is 24.0. The largest absolute Gasteiger partial charge is 0.379 e. The Bertz CT molecular complexity index is 1320. The number of amides is 4. The second kappa shape index (κ2) is 8.98. The van der Waals surface area contributed by atoms with Gasteiger partial charge in [0, 0.05) is 29.6 Å². The van der Waals surface area contributed by atoms with Crippen LogP contribution in [0.2, 0.25) is 0 Å². The molecule has 3 N–H and O–H groups in total. The fourth-order valence-corrected chi connectivity index (χ4v) is 8.68. The van der Waals surface area contributed by atoms with Crippen LogP contribution in [-0.4, -0.2) is 45.1 Å². The number of rotatable bonds is 7. The molecule has 1 aromatic heterocycles. The van der Waals surface area contributed by atoms with Crippen molar-refractivity contribution in [2.75, 3.05) is 5.32 Å². The second-order valence-corrected chi connectivity index (χ2v) is 12.8. The number of thiazole rings is 1. The molecule has 1 aromatic carbocycles. The van der Waals surface area contributed by atoms with E-state index in [0.717, 1.165) is 39.9 Å². The van der Waals surface area contributed by atoms with Crippen LogP contribution in [0.15, 0.2) is 23.6 Å². The zero-order valence-electron chi connectivity index (χ0n) is 21.1. The molecule has 4 aliphatic carbocycles. The van der Waals surface area contributed by atoms with E-state index in [-0.39, 0.29) is 29.9 Å². The lowest BCUT2D eigenvalue weighted by molar-refractivity contribution is -0.136. The normalized spacial score (nSPS) is 31.6. The van der Waals surface area contributed by atoms with Crippen LogP contribution in [0.3, 0.4) is 0 Å². The first-order valence-electron chi connectivity index (χ1n) is 13.6. The summed E-state index contributed by atoms with van der Waals surface area (Å²) in [4.78, 5) is 56.1. The fourth-order valence-electron chi connectivity index (χ4n) is 7.95. The highest BCUT2D eigenvalue weighted by molar-refractivity contribution is 7.09. The van der Waals surface area contributed by atoms with Crippen molar-refractivity contribution in [3.05, 3.63) is 45.4 Å². The zero-order valence-corrected chi connectivity index (χ0v) is 21.9. The molecule has 8 rings (SSSR count). The SMILES string of the molecule is O=C1CCC(N2C(=O)c3cccc(NCc4csc(CNC56CC7CC(CC(C7)C5)C6)n4)c3C2=O)C(=O)N1. The number of anilines is 1. The van der Waals surface area contributed by atoms with E-state index in [9.17, 15) is 19.2 Å². The van der Waals surface area contributed by atoms with E-state index >= 15 is 0 Å². The van der Waals surface area contributed by atoms with Crippen molar-refractivity contribution in [1.29, 1.82) is 0 Å². The molecule has 0 radical (unpaired) electrons. The van der Waals surface area contributed by atoms with Gasteiger partial charge in [0.05, 0.1) is 23.4 Å². The van der Waals surface area contributed by atoms with E-state index < -0.39 is 23.8 Å². The Balaban J connectivity index is 1.01. The summed E-state index contributed by atoms with van der Waals surface area (Å²) in [7, 11) is 0. The smallest absolute Gasteiger partial charge is 0.264 e. The average Bonchev–Trinajstić information content (AvgIpc) is 3.44.